The van der Waals surface area contributed by atoms with Gasteiger partial charge in [-0.1, -0.05) is 25.4 Å². The first-order valence-corrected chi connectivity index (χ1v) is 12.3. The van der Waals surface area contributed by atoms with Crippen molar-refractivity contribution in [2.75, 3.05) is 43.3 Å². The van der Waals surface area contributed by atoms with E-state index in [0.29, 0.717) is 34.8 Å². The first-order chi connectivity index (χ1) is 13.6. The quantitative estimate of drug-likeness (QED) is 0.683. The fourth-order valence-corrected chi connectivity index (χ4v) is 5.35. The summed E-state index contributed by atoms with van der Waals surface area (Å²) in [5.41, 5.74) is 0.359. The third-order valence-electron chi connectivity index (χ3n) is 5.38. The second-order valence-corrected chi connectivity index (χ2v) is 10.7. The van der Waals surface area contributed by atoms with Crippen LogP contribution in [0.3, 0.4) is 0 Å². The number of likely N-dealkylation sites (tertiary alicyclic amines) is 1. The average Bonchev–Trinajstić information content (AvgIpc) is 2.62. The summed E-state index contributed by atoms with van der Waals surface area (Å²) >= 11 is 6.00. The van der Waals surface area contributed by atoms with Gasteiger partial charge in [-0.15, -0.1) is 0 Å². The fraction of sp³-hybridized carbons (Fsp3) is 0.650. The topological polar surface area (TPSA) is 79.0 Å². The molecule has 1 fully saturated rings. The van der Waals surface area contributed by atoms with Crippen molar-refractivity contribution in [3.05, 3.63) is 23.2 Å². The van der Waals surface area contributed by atoms with E-state index >= 15 is 0 Å². The van der Waals surface area contributed by atoms with Gasteiger partial charge in [0.25, 0.3) is 5.91 Å². The van der Waals surface area contributed by atoms with Crippen molar-refractivity contribution in [1.82, 2.24) is 10.2 Å². The molecule has 0 aromatic heterocycles. The maximum absolute atomic E-state index is 12.6. The third kappa shape index (κ3) is 5.77. The molecule has 3 atom stereocenters. The third-order valence-corrected chi connectivity index (χ3v) is 6.76. The summed E-state index contributed by atoms with van der Waals surface area (Å²) in [5, 5.41) is 3.30. The number of fused-ring (bicyclic) bond motifs is 1. The molecule has 29 heavy (non-hydrogen) atoms. The van der Waals surface area contributed by atoms with Gasteiger partial charge in [0.2, 0.25) is 10.0 Å². The lowest BCUT2D eigenvalue weighted by molar-refractivity contribution is -0.127. The first-order valence-electron chi connectivity index (χ1n) is 10.1. The molecule has 3 unspecified atom stereocenters. The Labute approximate surface area is 178 Å². The molecule has 1 amide bonds. The number of carbonyl (C=O) groups is 1. The van der Waals surface area contributed by atoms with Crippen molar-refractivity contribution in [2.24, 2.45) is 11.8 Å². The molecular weight excluding hydrogens is 414 g/mol. The summed E-state index contributed by atoms with van der Waals surface area (Å²) < 4.78 is 31.4. The van der Waals surface area contributed by atoms with Crippen molar-refractivity contribution < 1.29 is 17.9 Å². The van der Waals surface area contributed by atoms with Gasteiger partial charge in [0, 0.05) is 24.7 Å². The highest BCUT2D eigenvalue weighted by Gasteiger charge is 2.35. The lowest BCUT2D eigenvalue weighted by Gasteiger charge is -2.35. The number of halogens is 1. The van der Waals surface area contributed by atoms with Crippen LogP contribution in [0.4, 0.5) is 5.69 Å². The SMILES string of the molecule is CC1CC(C)CN(CCCNC(=O)C2CN(S(C)(=O)=O)c3cc(Cl)ccc3O2)C1. The predicted molar refractivity (Wildman–Crippen MR) is 115 cm³/mol. The van der Waals surface area contributed by atoms with Gasteiger partial charge in [0.1, 0.15) is 5.75 Å². The van der Waals surface area contributed by atoms with Gasteiger partial charge in [-0.05, 0) is 49.4 Å². The van der Waals surface area contributed by atoms with E-state index in [9.17, 15) is 13.2 Å². The molecule has 0 radical (unpaired) electrons. The zero-order valence-corrected chi connectivity index (χ0v) is 18.8. The minimum atomic E-state index is -3.56. The number of ether oxygens (including phenoxy) is 1. The van der Waals surface area contributed by atoms with Crippen LogP contribution in [-0.2, 0) is 14.8 Å². The van der Waals surface area contributed by atoms with Gasteiger partial charge in [0.15, 0.2) is 6.10 Å². The van der Waals surface area contributed by atoms with Crippen LogP contribution < -0.4 is 14.4 Å². The summed E-state index contributed by atoms with van der Waals surface area (Å²) in [4.78, 5) is 15.1. The summed E-state index contributed by atoms with van der Waals surface area (Å²) in [6.07, 6.45) is 2.34. The Morgan fingerprint density at radius 3 is 2.59 bits per heavy atom. The second kappa shape index (κ2) is 9.10. The van der Waals surface area contributed by atoms with Crippen LogP contribution in [0.2, 0.25) is 5.02 Å². The number of benzene rings is 1. The highest BCUT2D eigenvalue weighted by molar-refractivity contribution is 7.92. The Balaban J connectivity index is 1.55. The number of nitrogens with one attached hydrogen (secondary N) is 1. The van der Waals surface area contributed by atoms with Crippen LogP contribution >= 0.6 is 11.6 Å². The number of rotatable bonds is 6. The lowest BCUT2D eigenvalue weighted by Crippen LogP contribution is -2.50. The van der Waals surface area contributed by atoms with Crippen LogP contribution in [-0.4, -0.2) is 64.3 Å². The van der Waals surface area contributed by atoms with Gasteiger partial charge in [-0.3, -0.25) is 9.10 Å². The van der Waals surface area contributed by atoms with Crippen molar-refractivity contribution in [1.29, 1.82) is 0 Å². The van der Waals surface area contributed by atoms with Gasteiger partial charge in [-0.2, -0.15) is 0 Å². The van der Waals surface area contributed by atoms with Gasteiger partial charge in [0.05, 0.1) is 18.5 Å². The maximum atomic E-state index is 12.6. The Kier molecular flexibility index (Phi) is 6.96. The number of piperidine rings is 1. The molecular formula is C20H30ClN3O4S. The number of amides is 1. The number of sulfonamides is 1. The lowest BCUT2D eigenvalue weighted by atomic mass is 9.92. The molecule has 3 rings (SSSR count). The summed E-state index contributed by atoms with van der Waals surface area (Å²) in [7, 11) is -3.56. The molecule has 1 N–H and O–H groups in total. The maximum Gasteiger partial charge on any atom is 0.263 e. The molecule has 0 aliphatic carbocycles. The van der Waals surface area contributed by atoms with Gasteiger partial charge < -0.3 is 15.0 Å². The molecule has 1 saturated heterocycles. The first kappa shape index (κ1) is 22.2. The highest BCUT2D eigenvalue weighted by atomic mass is 35.5. The Bertz CT molecular complexity index is 838. The monoisotopic (exact) mass is 443 g/mol. The molecule has 0 bridgehead atoms. The standard InChI is InChI=1S/C20H30ClN3O4S/c1-14-9-15(2)12-23(11-14)8-4-7-22-20(25)19-13-24(29(3,26)27)17-10-16(21)5-6-18(17)28-19/h5-6,10,14-15,19H,4,7-9,11-13H2,1-3H3,(H,22,25). The van der Waals surface area contributed by atoms with Gasteiger partial charge >= 0.3 is 0 Å². The van der Waals surface area contributed by atoms with Gasteiger partial charge in [-0.25, -0.2) is 8.42 Å². The molecule has 1 aromatic rings. The molecule has 0 spiro atoms. The molecule has 2 heterocycles. The molecule has 9 heteroatoms. The van der Waals surface area contributed by atoms with E-state index in [1.165, 1.54) is 16.8 Å². The van der Waals surface area contributed by atoms with Crippen LogP contribution in [0.15, 0.2) is 18.2 Å². The van der Waals surface area contributed by atoms with E-state index in [-0.39, 0.29) is 12.5 Å². The normalized spacial score (nSPS) is 25.2. The van der Waals surface area contributed by atoms with E-state index in [1.807, 2.05) is 0 Å². The minimum absolute atomic E-state index is 0.0703. The zero-order valence-electron chi connectivity index (χ0n) is 17.2. The number of nitrogens with zero attached hydrogens (tertiary/aromatic N) is 2. The van der Waals surface area contributed by atoms with Crippen LogP contribution in [0.1, 0.15) is 26.7 Å². The van der Waals surface area contributed by atoms with Crippen molar-refractivity contribution in [3.63, 3.8) is 0 Å². The molecule has 1 aromatic carbocycles. The van der Waals surface area contributed by atoms with Crippen LogP contribution in [0.5, 0.6) is 5.75 Å². The molecule has 2 aliphatic heterocycles. The fourth-order valence-electron chi connectivity index (χ4n) is 4.28. The zero-order chi connectivity index (χ0) is 21.2. The second-order valence-electron chi connectivity index (χ2n) is 8.36. The van der Waals surface area contributed by atoms with Crippen LogP contribution in [0.25, 0.3) is 0 Å². The van der Waals surface area contributed by atoms with Crippen molar-refractivity contribution in [3.8, 4) is 5.75 Å². The van der Waals surface area contributed by atoms with Crippen molar-refractivity contribution >= 4 is 33.2 Å². The predicted octanol–water partition coefficient (Wildman–Crippen LogP) is 2.35. The molecule has 0 saturated carbocycles. The number of anilines is 1. The van der Waals surface area contributed by atoms with E-state index in [4.69, 9.17) is 16.3 Å². The Morgan fingerprint density at radius 2 is 1.93 bits per heavy atom. The summed E-state index contributed by atoms with van der Waals surface area (Å²) in [6, 6.07) is 4.74. The van der Waals surface area contributed by atoms with E-state index in [1.54, 1.807) is 12.1 Å². The van der Waals surface area contributed by atoms with E-state index in [2.05, 4.69) is 24.1 Å². The molecule has 2 aliphatic rings. The number of hydrogen-bond acceptors (Lipinski definition) is 5. The van der Waals surface area contributed by atoms with Crippen molar-refractivity contribution in [2.45, 2.75) is 32.8 Å². The Hall–Kier alpha value is -1.51. The number of carbonyl (C=O) groups excluding carboxylic acids is 1. The average molecular weight is 444 g/mol. The van der Waals surface area contributed by atoms with E-state index in [0.717, 1.165) is 32.3 Å². The molecule has 7 nitrogen and oxygen atoms in total. The summed E-state index contributed by atoms with van der Waals surface area (Å²) in [5.74, 6) is 1.45. The smallest absolute Gasteiger partial charge is 0.263 e. The highest BCUT2D eigenvalue weighted by Crippen LogP contribution is 2.37. The molecule has 162 valence electrons. The largest absolute Gasteiger partial charge is 0.476 e. The Morgan fingerprint density at radius 1 is 1.24 bits per heavy atom. The number of hydrogen-bond donors (Lipinski definition) is 1. The summed E-state index contributed by atoms with van der Waals surface area (Å²) in [6.45, 7) is 8.17. The van der Waals surface area contributed by atoms with E-state index < -0.39 is 16.1 Å². The minimum Gasteiger partial charge on any atom is -0.476 e. The van der Waals surface area contributed by atoms with Crippen LogP contribution in [0, 0.1) is 11.8 Å².